The van der Waals surface area contributed by atoms with E-state index in [9.17, 15) is 13.2 Å². The first-order valence-electron chi connectivity index (χ1n) is 6.18. The van der Waals surface area contributed by atoms with Crippen molar-refractivity contribution in [2.75, 3.05) is 6.54 Å². The van der Waals surface area contributed by atoms with Gasteiger partial charge in [-0.15, -0.1) is 11.8 Å². The van der Waals surface area contributed by atoms with Crippen LogP contribution in [0.2, 0.25) is 0 Å². The van der Waals surface area contributed by atoms with Crippen LogP contribution in [-0.2, 0) is 5.41 Å². The Morgan fingerprint density at radius 3 is 2.00 bits per heavy atom. The average Bonchev–Trinajstić information content (AvgIpc) is 2.26. The summed E-state index contributed by atoms with van der Waals surface area (Å²) in [6, 6.07) is 7.28. The number of hydrogen-bond acceptors (Lipinski definition) is 2. The lowest BCUT2D eigenvalue weighted by Gasteiger charge is -2.21. The number of rotatable bonds is 4. The number of halogens is 3. The molecule has 108 valence electrons. The molecule has 0 aliphatic carbocycles. The molecule has 0 amide bonds. The van der Waals surface area contributed by atoms with Crippen LogP contribution in [0.1, 0.15) is 32.8 Å². The summed E-state index contributed by atoms with van der Waals surface area (Å²) in [7, 11) is 0. The molecule has 0 aromatic heterocycles. The Morgan fingerprint density at radius 2 is 1.63 bits per heavy atom. The molecule has 1 atom stereocenters. The quantitative estimate of drug-likeness (QED) is 0.834. The fraction of sp³-hybridized carbons (Fsp3) is 0.571. The highest BCUT2D eigenvalue weighted by Gasteiger charge is 2.39. The predicted octanol–water partition coefficient (Wildman–Crippen LogP) is 4.36. The summed E-state index contributed by atoms with van der Waals surface area (Å²) in [5, 5.41) is -1.43. The van der Waals surface area contributed by atoms with E-state index in [2.05, 4.69) is 20.8 Å². The van der Waals surface area contributed by atoms with Crippen LogP contribution in [0, 0.1) is 0 Å². The van der Waals surface area contributed by atoms with Crippen molar-refractivity contribution >= 4 is 11.8 Å². The zero-order valence-electron chi connectivity index (χ0n) is 11.4. The van der Waals surface area contributed by atoms with Gasteiger partial charge in [-0.05, 0) is 36.1 Å². The van der Waals surface area contributed by atoms with Crippen LogP contribution in [-0.4, -0.2) is 18.0 Å². The summed E-state index contributed by atoms with van der Waals surface area (Å²) < 4.78 is 38.4. The number of alkyl halides is 3. The second-order valence-corrected chi connectivity index (χ2v) is 6.78. The maximum absolute atomic E-state index is 12.8. The molecular formula is C14H20F3NS. The number of thioether (sulfide) groups is 1. The number of hydrogen-bond donors (Lipinski definition) is 1. The van der Waals surface area contributed by atoms with Gasteiger partial charge in [0.05, 0.1) is 0 Å². The van der Waals surface area contributed by atoms with Gasteiger partial charge in [0.15, 0.2) is 0 Å². The van der Waals surface area contributed by atoms with Gasteiger partial charge in [0.25, 0.3) is 0 Å². The second-order valence-electron chi connectivity index (χ2n) is 5.50. The maximum Gasteiger partial charge on any atom is 0.400 e. The van der Waals surface area contributed by atoms with Gasteiger partial charge in [-0.25, -0.2) is 0 Å². The maximum atomic E-state index is 12.8. The Bertz CT molecular complexity index is 393. The van der Waals surface area contributed by atoms with Crippen molar-refractivity contribution in [3.8, 4) is 0 Å². The first-order chi connectivity index (χ1) is 8.64. The highest BCUT2D eigenvalue weighted by atomic mass is 32.2. The van der Waals surface area contributed by atoms with Crippen LogP contribution in [0.5, 0.6) is 0 Å². The molecule has 1 unspecified atom stereocenters. The Balaban J connectivity index is 2.81. The average molecular weight is 291 g/mol. The molecule has 1 nitrogen and oxygen atoms in total. The molecule has 0 aliphatic rings. The molecule has 2 N–H and O–H groups in total. The summed E-state index contributed by atoms with van der Waals surface area (Å²) in [6.45, 7) is 6.25. The monoisotopic (exact) mass is 291 g/mol. The van der Waals surface area contributed by atoms with Gasteiger partial charge in [0.2, 0.25) is 0 Å². The van der Waals surface area contributed by atoms with Crippen LogP contribution >= 0.6 is 11.8 Å². The third-order valence-corrected chi connectivity index (χ3v) is 4.12. The van der Waals surface area contributed by atoms with Crippen LogP contribution in [0.15, 0.2) is 29.2 Å². The smallest absolute Gasteiger partial charge is 0.330 e. The first-order valence-corrected chi connectivity index (χ1v) is 7.06. The van der Waals surface area contributed by atoms with E-state index in [1.54, 1.807) is 12.1 Å². The molecule has 0 fully saturated rings. The summed E-state index contributed by atoms with van der Waals surface area (Å²) in [5.74, 6) is 0. The molecular weight excluding hydrogens is 271 g/mol. The van der Waals surface area contributed by atoms with Crippen molar-refractivity contribution in [1.82, 2.24) is 0 Å². The van der Waals surface area contributed by atoms with E-state index in [-0.39, 0.29) is 18.4 Å². The molecule has 0 radical (unpaired) electrons. The zero-order chi connectivity index (χ0) is 14.7. The van der Waals surface area contributed by atoms with Crippen LogP contribution in [0.3, 0.4) is 0 Å². The Morgan fingerprint density at radius 1 is 1.11 bits per heavy atom. The summed E-state index contributed by atoms with van der Waals surface area (Å²) in [6.07, 6.45) is -4.28. The van der Waals surface area contributed by atoms with Crippen LogP contribution < -0.4 is 5.73 Å². The zero-order valence-corrected chi connectivity index (χ0v) is 12.2. The van der Waals surface area contributed by atoms with Gasteiger partial charge in [-0.1, -0.05) is 32.9 Å². The molecule has 0 spiro atoms. The van der Waals surface area contributed by atoms with E-state index >= 15 is 0 Å². The van der Waals surface area contributed by atoms with E-state index in [4.69, 9.17) is 5.73 Å². The summed E-state index contributed by atoms with van der Waals surface area (Å²) in [5.41, 5.74) is 6.36. The summed E-state index contributed by atoms with van der Waals surface area (Å²) >= 11 is 0.835. The molecule has 0 saturated carbocycles. The second kappa shape index (κ2) is 6.18. The molecule has 5 heteroatoms. The Kier molecular flexibility index (Phi) is 5.33. The molecule has 1 rings (SSSR count). The number of nitrogens with two attached hydrogens (primary N) is 1. The van der Waals surface area contributed by atoms with Crippen LogP contribution in [0.4, 0.5) is 13.2 Å². The fourth-order valence-corrected chi connectivity index (χ4v) is 2.65. The molecule has 0 bridgehead atoms. The largest absolute Gasteiger partial charge is 0.400 e. The van der Waals surface area contributed by atoms with E-state index in [1.165, 1.54) is 0 Å². The molecule has 1 aromatic carbocycles. The lowest BCUT2D eigenvalue weighted by Crippen LogP contribution is -2.28. The Labute approximate surface area is 116 Å². The standard InChI is InChI=1S/C14H20F3NS/c1-13(2,3)10-4-6-11(7-5-10)19-12(8-9-18)14(15,16)17/h4-7,12H,8-9,18H2,1-3H3. The van der Waals surface area contributed by atoms with Crippen molar-refractivity contribution in [2.45, 2.75) is 48.9 Å². The molecule has 1 aromatic rings. The SMILES string of the molecule is CC(C)(C)c1ccc(SC(CCN)C(F)(F)F)cc1. The Hall–Kier alpha value is -0.680. The van der Waals surface area contributed by atoms with Gasteiger partial charge < -0.3 is 5.73 Å². The van der Waals surface area contributed by atoms with E-state index in [0.29, 0.717) is 4.90 Å². The number of benzene rings is 1. The van der Waals surface area contributed by atoms with Crippen molar-refractivity contribution in [3.63, 3.8) is 0 Å². The highest BCUT2D eigenvalue weighted by molar-refractivity contribution is 8.00. The van der Waals surface area contributed by atoms with Crippen molar-refractivity contribution in [1.29, 1.82) is 0 Å². The van der Waals surface area contributed by atoms with E-state index in [1.807, 2.05) is 12.1 Å². The molecule has 0 saturated heterocycles. The van der Waals surface area contributed by atoms with Gasteiger partial charge in [-0.3, -0.25) is 0 Å². The fourth-order valence-electron chi connectivity index (χ4n) is 1.64. The highest BCUT2D eigenvalue weighted by Crippen LogP contribution is 2.37. The molecule has 0 aliphatic heterocycles. The minimum absolute atomic E-state index is 0.00385. The van der Waals surface area contributed by atoms with E-state index in [0.717, 1.165) is 17.3 Å². The lowest BCUT2D eigenvalue weighted by molar-refractivity contribution is -0.129. The third kappa shape index (κ3) is 5.07. The predicted molar refractivity (Wildman–Crippen MR) is 74.5 cm³/mol. The van der Waals surface area contributed by atoms with Gasteiger partial charge >= 0.3 is 6.18 Å². The summed E-state index contributed by atoms with van der Waals surface area (Å²) in [4.78, 5) is 0.628. The minimum atomic E-state index is -4.22. The topological polar surface area (TPSA) is 26.0 Å². The van der Waals surface area contributed by atoms with Gasteiger partial charge in [-0.2, -0.15) is 13.2 Å². The van der Waals surface area contributed by atoms with Gasteiger partial charge in [0.1, 0.15) is 5.25 Å². The lowest BCUT2D eigenvalue weighted by atomic mass is 9.87. The minimum Gasteiger partial charge on any atom is -0.330 e. The molecule has 0 heterocycles. The van der Waals surface area contributed by atoms with Crippen LogP contribution in [0.25, 0.3) is 0 Å². The van der Waals surface area contributed by atoms with E-state index < -0.39 is 11.4 Å². The van der Waals surface area contributed by atoms with Crippen molar-refractivity contribution < 1.29 is 13.2 Å². The molecule has 19 heavy (non-hydrogen) atoms. The van der Waals surface area contributed by atoms with Crippen molar-refractivity contribution in [2.24, 2.45) is 5.73 Å². The normalized spacial score (nSPS) is 14.5. The van der Waals surface area contributed by atoms with Crippen molar-refractivity contribution in [3.05, 3.63) is 29.8 Å². The first kappa shape index (κ1) is 16.4. The third-order valence-electron chi connectivity index (χ3n) is 2.79. The van der Waals surface area contributed by atoms with Gasteiger partial charge in [0, 0.05) is 4.90 Å².